The average molecular weight is 274 g/mol. The summed E-state index contributed by atoms with van der Waals surface area (Å²) in [6.07, 6.45) is 1.98. The van der Waals surface area contributed by atoms with E-state index in [1.54, 1.807) is 0 Å². The zero-order valence-electron chi connectivity index (χ0n) is 12.3. The molecule has 1 aromatic rings. The topological polar surface area (TPSA) is 36.9 Å². The van der Waals surface area contributed by atoms with Crippen molar-refractivity contribution in [1.82, 2.24) is 0 Å². The Morgan fingerprint density at radius 2 is 1.65 bits per heavy atom. The zero-order valence-corrected chi connectivity index (χ0v) is 12.3. The first-order valence-corrected chi connectivity index (χ1v) is 6.81. The van der Waals surface area contributed by atoms with Gasteiger partial charge in [-0.2, -0.15) is 0 Å². The van der Waals surface area contributed by atoms with Crippen LogP contribution in [-0.4, -0.2) is 25.1 Å². The third-order valence-corrected chi connectivity index (χ3v) is 4.11. The number of hydrogen-bond acceptors (Lipinski definition) is 4. The second kappa shape index (κ2) is 4.53. The van der Waals surface area contributed by atoms with Gasteiger partial charge in [0.25, 0.3) is 0 Å². The van der Waals surface area contributed by atoms with Crippen LogP contribution in [0.4, 0.5) is 0 Å². The summed E-state index contributed by atoms with van der Waals surface area (Å²) in [5.41, 5.74) is 0.414. The molecule has 2 aliphatic rings. The van der Waals surface area contributed by atoms with E-state index in [1.165, 1.54) is 0 Å². The van der Waals surface area contributed by atoms with E-state index in [9.17, 15) is 0 Å². The summed E-state index contributed by atoms with van der Waals surface area (Å²) in [5, 5.41) is 0. The predicted molar refractivity (Wildman–Crippen MR) is 77.7 cm³/mol. The Labute approximate surface area is 119 Å². The molecule has 1 saturated heterocycles. The Balaban J connectivity index is 1.73. The molecule has 0 unspecified atom stereocenters. The summed E-state index contributed by atoms with van der Waals surface area (Å²) in [5.74, 6) is 3.49. The molecule has 0 radical (unpaired) electrons. The van der Waals surface area contributed by atoms with Crippen molar-refractivity contribution >= 4 is 13.2 Å². The first kappa shape index (κ1) is 13.5. The summed E-state index contributed by atoms with van der Waals surface area (Å²) >= 11 is 0. The number of rotatable bonds is 2. The van der Waals surface area contributed by atoms with Crippen LogP contribution in [-0.2, 0) is 9.31 Å². The van der Waals surface area contributed by atoms with Gasteiger partial charge in [0, 0.05) is 0 Å². The molecule has 0 atom stereocenters. The van der Waals surface area contributed by atoms with E-state index >= 15 is 0 Å². The molecule has 0 N–H and O–H groups in total. The highest BCUT2D eigenvalue weighted by Crippen LogP contribution is 2.37. The van der Waals surface area contributed by atoms with Crippen LogP contribution >= 0.6 is 0 Å². The smallest absolute Gasteiger partial charge is 0.454 e. The van der Waals surface area contributed by atoms with Crippen LogP contribution in [0.25, 0.3) is 6.08 Å². The van der Waals surface area contributed by atoms with E-state index in [0.29, 0.717) is 6.79 Å². The lowest BCUT2D eigenvalue weighted by Gasteiger charge is -2.32. The van der Waals surface area contributed by atoms with Gasteiger partial charge in [0.1, 0.15) is 0 Å². The van der Waals surface area contributed by atoms with Crippen molar-refractivity contribution in [3.63, 3.8) is 0 Å². The largest absolute Gasteiger partial charge is 0.487 e. The Kier molecular flexibility index (Phi) is 3.07. The first-order valence-electron chi connectivity index (χ1n) is 6.81. The fraction of sp³-hybridized carbons (Fsp3) is 0.467. The molecular formula is C15H19BO4. The van der Waals surface area contributed by atoms with Gasteiger partial charge < -0.3 is 18.8 Å². The molecule has 1 fully saturated rings. The van der Waals surface area contributed by atoms with E-state index in [2.05, 4.69) is 0 Å². The van der Waals surface area contributed by atoms with Gasteiger partial charge in [-0.1, -0.05) is 18.1 Å². The molecule has 0 spiro atoms. The number of fused-ring (bicyclic) bond motifs is 1. The van der Waals surface area contributed by atoms with Crippen molar-refractivity contribution in [2.24, 2.45) is 0 Å². The lowest BCUT2D eigenvalue weighted by atomic mass is 9.89. The summed E-state index contributed by atoms with van der Waals surface area (Å²) in [6.45, 7) is 8.46. The highest BCUT2D eigenvalue weighted by Gasteiger charge is 2.49. The van der Waals surface area contributed by atoms with Crippen LogP contribution in [0, 0.1) is 0 Å². The Bertz CT molecular complexity index is 535. The van der Waals surface area contributed by atoms with Crippen molar-refractivity contribution in [2.45, 2.75) is 38.9 Å². The van der Waals surface area contributed by atoms with Gasteiger partial charge in [-0.3, -0.25) is 0 Å². The second-order valence-electron chi connectivity index (χ2n) is 6.10. The van der Waals surface area contributed by atoms with Crippen molar-refractivity contribution in [2.75, 3.05) is 6.79 Å². The predicted octanol–water partition coefficient (Wildman–Crippen LogP) is 3.06. The summed E-state index contributed by atoms with van der Waals surface area (Å²) in [6, 6.07) is 5.84. The molecule has 0 bridgehead atoms. The number of benzene rings is 1. The van der Waals surface area contributed by atoms with Crippen molar-refractivity contribution < 1.29 is 18.8 Å². The summed E-state index contributed by atoms with van der Waals surface area (Å²) < 4.78 is 22.5. The molecule has 1 aromatic carbocycles. The normalized spacial score (nSPS) is 22.7. The molecular weight excluding hydrogens is 255 g/mol. The average Bonchev–Trinajstić information content (AvgIpc) is 2.89. The van der Waals surface area contributed by atoms with Crippen LogP contribution in [0.15, 0.2) is 24.2 Å². The lowest BCUT2D eigenvalue weighted by Crippen LogP contribution is -2.41. The quantitative estimate of drug-likeness (QED) is 0.777. The summed E-state index contributed by atoms with van der Waals surface area (Å²) in [4.78, 5) is 0. The monoisotopic (exact) mass is 274 g/mol. The standard InChI is InChI=1S/C15H19BO4/c1-14(2)15(3,4)20-16(19-14)8-7-11-5-6-12-13(9-11)18-10-17-12/h5-9H,10H2,1-4H3/b8-7+. The molecule has 2 heterocycles. The molecule has 4 nitrogen and oxygen atoms in total. The van der Waals surface area contributed by atoms with Gasteiger partial charge in [0.15, 0.2) is 11.5 Å². The molecule has 3 rings (SSSR count). The molecule has 20 heavy (non-hydrogen) atoms. The zero-order chi connectivity index (χ0) is 14.4. The molecule has 0 amide bonds. The maximum absolute atomic E-state index is 5.91. The minimum Gasteiger partial charge on any atom is -0.454 e. The summed E-state index contributed by atoms with van der Waals surface area (Å²) in [7, 11) is -0.328. The SMILES string of the molecule is CC1(C)OB(/C=C/c2ccc3c(c2)OCO3)OC1(C)C. The van der Waals surface area contributed by atoms with Crippen molar-refractivity contribution in [3.8, 4) is 11.5 Å². The van der Waals surface area contributed by atoms with Gasteiger partial charge in [-0.15, -0.1) is 0 Å². The van der Waals surface area contributed by atoms with E-state index < -0.39 is 0 Å². The molecule has 0 saturated carbocycles. The highest BCUT2D eigenvalue weighted by atomic mass is 16.7. The van der Waals surface area contributed by atoms with Gasteiger partial charge in [-0.05, 0) is 45.4 Å². The molecule has 0 aliphatic carbocycles. The maximum Gasteiger partial charge on any atom is 0.487 e. The van der Waals surface area contributed by atoms with Crippen LogP contribution < -0.4 is 9.47 Å². The third-order valence-electron chi connectivity index (χ3n) is 4.11. The van der Waals surface area contributed by atoms with Crippen LogP contribution in [0.1, 0.15) is 33.3 Å². The van der Waals surface area contributed by atoms with E-state index in [1.807, 2.05) is 57.9 Å². The molecule has 2 aliphatic heterocycles. The number of hydrogen-bond donors (Lipinski definition) is 0. The van der Waals surface area contributed by atoms with E-state index in [4.69, 9.17) is 18.8 Å². The number of ether oxygens (including phenoxy) is 2. The van der Waals surface area contributed by atoms with Gasteiger partial charge in [0.05, 0.1) is 11.2 Å². The lowest BCUT2D eigenvalue weighted by molar-refractivity contribution is 0.00578. The van der Waals surface area contributed by atoms with Crippen LogP contribution in [0.2, 0.25) is 0 Å². The first-order chi connectivity index (χ1) is 9.37. The molecule has 5 heteroatoms. The molecule has 0 aromatic heterocycles. The van der Waals surface area contributed by atoms with Crippen molar-refractivity contribution in [3.05, 3.63) is 29.7 Å². The van der Waals surface area contributed by atoms with E-state index in [0.717, 1.165) is 17.1 Å². The van der Waals surface area contributed by atoms with Crippen LogP contribution in [0.5, 0.6) is 11.5 Å². The Morgan fingerprint density at radius 1 is 1.00 bits per heavy atom. The van der Waals surface area contributed by atoms with Gasteiger partial charge >= 0.3 is 7.12 Å². The molecule has 106 valence electrons. The Morgan fingerprint density at radius 3 is 2.35 bits per heavy atom. The Hall–Kier alpha value is -1.46. The van der Waals surface area contributed by atoms with Crippen LogP contribution in [0.3, 0.4) is 0 Å². The second-order valence-corrected chi connectivity index (χ2v) is 6.10. The van der Waals surface area contributed by atoms with E-state index in [-0.39, 0.29) is 18.3 Å². The fourth-order valence-corrected chi connectivity index (χ4v) is 2.17. The fourth-order valence-electron chi connectivity index (χ4n) is 2.17. The van der Waals surface area contributed by atoms with Crippen molar-refractivity contribution in [1.29, 1.82) is 0 Å². The third kappa shape index (κ3) is 2.32. The minimum atomic E-state index is -0.328. The highest BCUT2D eigenvalue weighted by molar-refractivity contribution is 6.52. The van der Waals surface area contributed by atoms with Gasteiger partial charge in [-0.25, -0.2) is 0 Å². The van der Waals surface area contributed by atoms with Gasteiger partial charge in [0.2, 0.25) is 6.79 Å². The maximum atomic E-state index is 5.91. The minimum absolute atomic E-state index is 0.291.